The molecule has 0 aliphatic carbocycles. The van der Waals surface area contributed by atoms with Crippen molar-refractivity contribution in [1.29, 1.82) is 0 Å². The van der Waals surface area contributed by atoms with Crippen LogP contribution in [-0.2, 0) is 4.74 Å². The molecule has 23 heavy (non-hydrogen) atoms. The van der Waals surface area contributed by atoms with Crippen LogP contribution in [0, 0.1) is 11.8 Å². The van der Waals surface area contributed by atoms with E-state index in [1.807, 2.05) is 20.8 Å². The molecule has 126 valence electrons. The lowest BCUT2D eigenvalue weighted by atomic mass is 10.0. The maximum Gasteiger partial charge on any atom is 0.410 e. The largest absolute Gasteiger partial charge is 0.444 e. The van der Waals surface area contributed by atoms with Gasteiger partial charge in [0.05, 0.1) is 6.20 Å². The summed E-state index contributed by atoms with van der Waals surface area (Å²) in [5, 5.41) is 0.690. The molecule has 2 atom stereocenters. The van der Waals surface area contributed by atoms with Gasteiger partial charge in [-0.3, -0.25) is 0 Å². The van der Waals surface area contributed by atoms with Crippen molar-refractivity contribution in [2.24, 2.45) is 11.8 Å². The van der Waals surface area contributed by atoms with Crippen molar-refractivity contribution in [2.45, 2.75) is 26.4 Å². The number of ether oxygens (including phenoxy) is 1. The Morgan fingerprint density at radius 2 is 1.83 bits per heavy atom. The number of nitrogens with zero attached hydrogens (tertiary/aromatic N) is 4. The van der Waals surface area contributed by atoms with E-state index in [9.17, 15) is 4.79 Å². The summed E-state index contributed by atoms with van der Waals surface area (Å²) in [4.78, 5) is 24.2. The van der Waals surface area contributed by atoms with Gasteiger partial charge in [0.1, 0.15) is 10.6 Å². The summed E-state index contributed by atoms with van der Waals surface area (Å²) in [7, 11) is 0. The van der Waals surface area contributed by atoms with Crippen LogP contribution in [0.3, 0.4) is 0 Å². The van der Waals surface area contributed by atoms with Gasteiger partial charge in [0, 0.05) is 38.0 Å². The summed E-state index contributed by atoms with van der Waals surface area (Å²) >= 11 is 12.0. The highest BCUT2D eigenvalue weighted by Gasteiger charge is 2.43. The van der Waals surface area contributed by atoms with Crippen molar-refractivity contribution in [3.63, 3.8) is 0 Å². The third-order valence-electron chi connectivity index (χ3n) is 4.13. The number of carbonyl (C=O) groups excluding carboxylic acids is 1. The molecule has 1 aromatic heterocycles. The number of rotatable bonds is 1. The fourth-order valence-corrected chi connectivity index (χ4v) is 3.54. The number of likely N-dealkylation sites (tertiary alicyclic amines) is 1. The lowest BCUT2D eigenvalue weighted by Crippen LogP contribution is -2.37. The number of anilines is 1. The molecule has 3 rings (SSSR count). The van der Waals surface area contributed by atoms with E-state index in [-0.39, 0.29) is 11.4 Å². The first-order chi connectivity index (χ1) is 10.7. The van der Waals surface area contributed by atoms with Gasteiger partial charge in [-0.1, -0.05) is 11.6 Å². The van der Waals surface area contributed by atoms with Crippen LogP contribution in [0.1, 0.15) is 20.8 Å². The molecule has 8 heteroatoms. The summed E-state index contributed by atoms with van der Waals surface area (Å²) in [5.41, 5.74) is -0.466. The lowest BCUT2D eigenvalue weighted by molar-refractivity contribution is 0.0282. The Kier molecular flexibility index (Phi) is 4.31. The molecule has 0 spiro atoms. The Labute approximate surface area is 145 Å². The van der Waals surface area contributed by atoms with Crippen LogP contribution in [0.5, 0.6) is 0 Å². The standard InChI is InChI=1S/C15H20Cl2N4O2/c1-15(2,3)23-14(22)21-7-9-5-20(6-10(9)8-21)12-11(16)4-18-13(17)19-12/h4,9-10H,5-8H2,1-3H3/t9-,10+. The second kappa shape index (κ2) is 5.98. The highest BCUT2D eigenvalue weighted by atomic mass is 35.5. The maximum absolute atomic E-state index is 12.2. The van der Waals surface area contributed by atoms with Gasteiger partial charge in [0.25, 0.3) is 0 Å². The third-order valence-corrected chi connectivity index (χ3v) is 4.58. The molecule has 0 radical (unpaired) electrons. The highest BCUT2D eigenvalue weighted by Crippen LogP contribution is 2.36. The van der Waals surface area contributed by atoms with Crippen LogP contribution < -0.4 is 4.90 Å². The fraction of sp³-hybridized carbons (Fsp3) is 0.667. The molecule has 2 aliphatic heterocycles. The van der Waals surface area contributed by atoms with E-state index >= 15 is 0 Å². The average molecular weight is 359 g/mol. The van der Waals surface area contributed by atoms with Crippen LogP contribution >= 0.6 is 23.2 Å². The Balaban J connectivity index is 1.63. The molecule has 0 bridgehead atoms. The molecule has 0 unspecified atom stereocenters. The zero-order valence-corrected chi connectivity index (χ0v) is 14.9. The van der Waals surface area contributed by atoms with Gasteiger partial charge in [-0.25, -0.2) is 9.78 Å². The molecule has 0 saturated carbocycles. The second-order valence-corrected chi connectivity index (χ2v) is 7.87. The highest BCUT2D eigenvalue weighted by molar-refractivity contribution is 6.33. The van der Waals surface area contributed by atoms with Crippen LogP contribution in [-0.4, -0.2) is 52.7 Å². The van der Waals surface area contributed by atoms with Crippen molar-refractivity contribution in [1.82, 2.24) is 14.9 Å². The van der Waals surface area contributed by atoms with Crippen LogP contribution in [0.2, 0.25) is 10.3 Å². The van der Waals surface area contributed by atoms with E-state index in [0.717, 1.165) is 13.1 Å². The number of hydrogen-bond donors (Lipinski definition) is 0. The summed E-state index contributed by atoms with van der Waals surface area (Å²) < 4.78 is 5.45. The molecule has 3 heterocycles. The van der Waals surface area contributed by atoms with Gasteiger partial charge in [-0.05, 0) is 32.4 Å². The number of fused-ring (bicyclic) bond motifs is 1. The van der Waals surface area contributed by atoms with E-state index in [2.05, 4.69) is 14.9 Å². The predicted molar refractivity (Wildman–Crippen MR) is 89.1 cm³/mol. The lowest BCUT2D eigenvalue weighted by Gasteiger charge is -2.26. The Bertz CT molecular complexity index is 606. The molecule has 1 aromatic rings. The van der Waals surface area contributed by atoms with E-state index in [1.165, 1.54) is 6.20 Å². The van der Waals surface area contributed by atoms with E-state index in [1.54, 1.807) is 4.90 Å². The van der Waals surface area contributed by atoms with Crippen LogP contribution in [0.25, 0.3) is 0 Å². The van der Waals surface area contributed by atoms with Gasteiger partial charge < -0.3 is 14.5 Å². The van der Waals surface area contributed by atoms with Crippen molar-refractivity contribution < 1.29 is 9.53 Å². The molecule has 2 fully saturated rings. The van der Waals surface area contributed by atoms with Gasteiger partial charge >= 0.3 is 6.09 Å². The number of amides is 1. The Hall–Kier alpha value is -1.27. The van der Waals surface area contributed by atoms with Crippen molar-refractivity contribution in [2.75, 3.05) is 31.1 Å². The number of carbonyl (C=O) groups is 1. The van der Waals surface area contributed by atoms with Gasteiger partial charge in [-0.15, -0.1) is 0 Å². The third kappa shape index (κ3) is 3.63. The zero-order chi connectivity index (χ0) is 16.8. The van der Waals surface area contributed by atoms with E-state index in [0.29, 0.717) is 35.8 Å². The number of aromatic nitrogens is 2. The second-order valence-electron chi connectivity index (χ2n) is 7.12. The summed E-state index contributed by atoms with van der Waals surface area (Å²) in [6, 6.07) is 0. The summed E-state index contributed by atoms with van der Waals surface area (Å²) in [6.45, 7) is 8.65. The molecular formula is C15H20Cl2N4O2. The molecule has 0 N–H and O–H groups in total. The van der Waals surface area contributed by atoms with Gasteiger partial charge in [0.2, 0.25) is 5.28 Å². The van der Waals surface area contributed by atoms with Crippen molar-refractivity contribution in [3.8, 4) is 0 Å². The normalized spacial score (nSPS) is 24.0. The van der Waals surface area contributed by atoms with Crippen molar-refractivity contribution >= 4 is 35.1 Å². The molecular weight excluding hydrogens is 339 g/mol. The smallest absolute Gasteiger partial charge is 0.410 e. The minimum atomic E-state index is -0.466. The SMILES string of the molecule is CC(C)(C)OC(=O)N1C[C@@H]2CN(c3nc(Cl)ncc3Cl)C[C@@H]2C1. The van der Waals surface area contributed by atoms with Gasteiger partial charge in [0.15, 0.2) is 5.82 Å². The molecule has 1 amide bonds. The quantitative estimate of drug-likeness (QED) is 0.722. The Morgan fingerprint density at radius 3 is 2.39 bits per heavy atom. The minimum absolute atomic E-state index is 0.192. The van der Waals surface area contributed by atoms with E-state index < -0.39 is 5.60 Å². The topological polar surface area (TPSA) is 58.6 Å². The number of halogens is 2. The maximum atomic E-state index is 12.2. The van der Waals surface area contributed by atoms with Crippen LogP contribution in [0.4, 0.5) is 10.6 Å². The summed E-state index contributed by atoms with van der Waals surface area (Å²) in [5.74, 6) is 1.46. The molecule has 6 nitrogen and oxygen atoms in total. The molecule has 0 aromatic carbocycles. The first kappa shape index (κ1) is 16.6. The monoisotopic (exact) mass is 358 g/mol. The first-order valence-electron chi connectivity index (χ1n) is 7.64. The van der Waals surface area contributed by atoms with Crippen molar-refractivity contribution in [3.05, 3.63) is 16.5 Å². The summed E-state index contributed by atoms with van der Waals surface area (Å²) in [6.07, 6.45) is 1.29. The fourth-order valence-electron chi connectivity index (χ4n) is 3.20. The first-order valence-corrected chi connectivity index (χ1v) is 8.39. The minimum Gasteiger partial charge on any atom is -0.444 e. The van der Waals surface area contributed by atoms with E-state index in [4.69, 9.17) is 27.9 Å². The predicted octanol–water partition coefficient (Wildman–Crippen LogP) is 3.09. The average Bonchev–Trinajstić information content (AvgIpc) is 2.97. The van der Waals surface area contributed by atoms with Gasteiger partial charge in [-0.2, -0.15) is 4.98 Å². The molecule has 2 saturated heterocycles. The molecule has 2 aliphatic rings. The number of hydrogen-bond acceptors (Lipinski definition) is 5. The van der Waals surface area contributed by atoms with Crippen LogP contribution in [0.15, 0.2) is 6.20 Å². The Morgan fingerprint density at radius 1 is 1.22 bits per heavy atom. The zero-order valence-electron chi connectivity index (χ0n) is 13.4.